The fourth-order valence-corrected chi connectivity index (χ4v) is 6.15. The van der Waals surface area contributed by atoms with Gasteiger partial charge in [-0.3, -0.25) is 14.6 Å². The number of imide groups is 1. The molecule has 2 aliphatic heterocycles. The summed E-state index contributed by atoms with van der Waals surface area (Å²) in [6.45, 7) is 10.2. The lowest BCUT2D eigenvalue weighted by molar-refractivity contribution is -0.127. The number of hydrazone groups is 1. The largest absolute Gasteiger partial charge is 0.316 e. The highest BCUT2D eigenvalue weighted by Crippen LogP contribution is 2.41. The summed E-state index contributed by atoms with van der Waals surface area (Å²) >= 11 is 2.85. The van der Waals surface area contributed by atoms with Gasteiger partial charge in [0.05, 0.1) is 21.4 Å². The van der Waals surface area contributed by atoms with E-state index in [4.69, 9.17) is 10.1 Å². The minimum absolute atomic E-state index is 0.103. The molecular weight excluding hydrogens is 464 g/mol. The third-order valence-corrected chi connectivity index (χ3v) is 7.89. The van der Waals surface area contributed by atoms with Crippen LogP contribution in [-0.2, 0) is 11.2 Å². The van der Waals surface area contributed by atoms with Crippen molar-refractivity contribution in [2.24, 2.45) is 10.1 Å². The van der Waals surface area contributed by atoms with E-state index < -0.39 is 4.75 Å². The van der Waals surface area contributed by atoms with Crippen LogP contribution in [0.2, 0.25) is 0 Å². The van der Waals surface area contributed by atoms with Crippen LogP contribution < -0.4 is 4.90 Å². The van der Waals surface area contributed by atoms with Gasteiger partial charge in [-0.2, -0.15) is 10.1 Å². The molecule has 8 heteroatoms. The third kappa shape index (κ3) is 4.84. The Morgan fingerprint density at radius 2 is 2.00 bits per heavy atom. The molecule has 1 atom stereocenters. The zero-order valence-corrected chi connectivity index (χ0v) is 22.1. The Balaban J connectivity index is 1.89. The highest BCUT2D eigenvalue weighted by Gasteiger charge is 2.46. The first-order valence-corrected chi connectivity index (χ1v) is 13.6. The second-order valence-corrected chi connectivity index (χ2v) is 11.9. The maximum absolute atomic E-state index is 12.8. The number of anilines is 1. The Labute approximate surface area is 210 Å². The fourth-order valence-electron chi connectivity index (χ4n) is 4.49. The molecule has 2 aliphatic rings. The first kappa shape index (κ1) is 24.7. The summed E-state index contributed by atoms with van der Waals surface area (Å²) in [4.78, 5) is 34.0. The molecule has 4 rings (SSSR count). The van der Waals surface area contributed by atoms with Crippen molar-refractivity contribution in [3.05, 3.63) is 52.2 Å². The molecule has 0 fully saturated rings. The third-order valence-electron chi connectivity index (χ3n) is 5.96. The molecule has 180 valence electrons. The highest BCUT2D eigenvalue weighted by molar-refractivity contribution is 8.15. The van der Waals surface area contributed by atoms with Crippen molar-refractivity contribution in [2.75, 3.05) is 4.90 Å². The number of benzene rings is 1. The minimum Gasteiger partial charge on any atom is -0.316 e. The van der Waals surface area contributed by atoms with E-state index in [0.29, 0.717) is 12.8 Å². The normalized spacial score (nSPS) is 20.4. The van der Waals surface area contributed by atoms with E-state index in [-0.39, 0.29) is 23.2 Å². The molecule has 0 saturated carbocycles. The molecule has 0 bridgehead atoms. The number of aliphatic imine (C=N–C) groups is 1. The average molecular weight is 497 g/mol. The number of aryl methyl sites for hydroxylation is 1. The van der Waals surface area contributed by atoms with Gasteiger partial charge in [0.1, 0.15) is 5.84 Å². The first-order valence-electron chi connectivity index (χ1n) is 11.9. The number of thiophene rings is 1. The number of nitrogens with zero attached hydrogens (tertiary/aromatic N) is 4. The van der Waals surface area contributed by atoms with Crippen LogP contribution in [0.25, 0.3) is 0 Å². The van der Waals surface area contributed by atoms with E-state index in [1.54, 1.807) is 11.3 Å². The second-order valence-electron chi connectivity index (χ2n) is 9.40. The van der Waals surface area contributed by atoms with Crippen molar-refractivity contribution in [3.8, 4) is 0 Å². The summed E-state index contributed by atoms with van der Waals surface area (Å²) in [5.41, 5.74) is 3.21. The van der Waals surface area contributed by atoms with E-state index in [1.807, 2.05) is 26.8 Å². The average Bonchev–Trinajstić information content (AvgIpc) is 3.31. The summed E-state index contributed by atoms with van der Waals surface area (Å²) in [5.74, 6) is 0.666. The number of carbonyl (C=O) groups is 2. The van der Waals surface area contributed by atoms with E-state index >= 15 is 0 Å². The van der Waals surface area contributed by atoms with Crippen molar-refractivity contribution in [1.29, 1.82) is 0 Å². The number of fused-ring (bicyclic) bond motifs is 1. The number of amides is 2. The van der Waals surface area contributed by atoms with Gasteiger partial charge >= 0.3 is 5.24 Å². The molecule has 34 heavy (non-hydrogen) atoms. The van der Waals surface area contributed by atoms with Crippen molar-refractivity contribution >= 4 is 51.5 Å². The van der Waals surface area contributed by atoms with E-state index in [2.05, 4.69) is 54.5 Å². The Morgan fingerprint density at radius 3 is 2.68 bits per heavy atom. The number of thioether (sulfide) groups is 1. The maximum atomic E-state index is 12.8. The predicted molar refractivity (Wildman–Crippen MR) is 143 cm³/mol. The van der Waals surface area contributed by atoms with Crippen molar-refractivity contribution < 1.29 is 9.59 Å². The molecular formula is C26H32N4O2S2. The predicted octanol–water partition coefficient (Wildman–Crippen LogP) is 6.35. The van der Waals surface area contributed by atoms with Crippen molar-refractivity contribution in [1.82, 2.24) is 5.01 Å². The molecule has 1 aromatic carbocycles. The summed E-state index contributed by atoms with van der Waals surface area (Å²) in [5, 5.41) is 7.62. The number of hydrogen-bond donors (Lipinski definition) is 0. The van der Waals surface area contributed by atoms with Crippen LogP contribution in [0.5, 0.6) is 0 Å². The van der Waals surface area contributed by atoms with Gasteiger partial charge in [0, 0.05) is 18.2 Å². The molecule has 0 saturated heterocycles. The lowest BCUT2D eigenvalue weighted by Crippen LogP contribution is -2.56. The van der Waals surface area contributed by atoms with Crippen molar-refractivity contribution in [2.45, 2.75) is 77.1 Å². The van der Waals surface area contributed by atoms with Gasteiger partial charge in [0.2, 0.25) is 0 Å². The first-order chi connectivity index (χ1) is 16.2. The quantitative estimate of drug-likeness (QED) is 0.357. The summed E-state index contributed by atoms with van der Waals surface area (Å²) in [6, 6.07) is 12.6. The van der Waals surface area contributed by atoms with Gasteiger partial charge in [-0.05, 0) is 81.8 Å². The zero-order valence-electron chi connectivity index (χ0n) is 20.4. The molecule has 2 amide bonds. The monoisotopic (exact) mass is 496 g/mol. The Hall–Kier alpha value is -2.45. The smallest absolute Gasteiger partial charge is 0.309 e. The number of amidine groups is 1. The van der Waals surface area contributed by atoms with Crippen LogP contribution in [0, 0.1) is 0 Å². The number of rotatable bonds is 5. The Kier molecular flexibility index (Phi) is 7.28. The Morgan fingerprint density at radius 1 is 1.24 bits per heavy atom. The number of carbonyl (C=O) groups excluding carboxylic acids is 2. The topological polar surface area (TPSA) is 65.3 Å². The SMILES string of the molecule is CCCC(=O)N1N=C(C2CCc3ccccc3N2C(=NC(C)C)c2cccs2)C(C)(C)SC1=O. The molecule has 0 aliphatic carbocycles. The van der Waals surface area contributed by atoms with E-state index in [9.17, 15) is 9.59 Å². The minimum atomic E-state index is -0.548. The second kappa shape index (κ2) is 10.0. The van der Waals surface area contributed by atoms with Gasteiger partial charge in [-0.25, -0.2) is 0 Å². The number of hydrogen-bond acceptors (Lipinski definition) is 6. The summed E-state index contributed by atoms with van der Waals surface area (Å²) < 4.78 is -0.548. The standard InChI is InChI=1S/C26H32N4O2S2/c1-6-10-22(31)30-25(32)34-26(4,5)23(28-30)20-15-14-18-11-7-8-12-19(18)29(20)24(27-17(2)3)21-13-9-16-33-21/h7-9,11-13,16-17,20H,6,10,14-15H2,1-5H3. The molecule has 0 spiro atoms. The molecule has 1 unspecified atom stereocenters. The molecule has 0 radical (unpaired) electrons. The lowest BCUT2D eigenvalue weighted by atomic mass is 9.88. The van der Waals surface area contributed by atoms with Crippen molar-refractivity contribution in [3.63, 3.8) is 0 Å². The van der Waals surface area contributed by atoms with Crippen LogP contribution in [-0.4, -0.2) is 44.5 Å². The molecule has 2 aromatic rings. The molecule has 3 heterocycles. The van der Waals surface area contributed by atoms with Gasteiger partial charge in [-0.15, -0.1) is 11.3 Å². The lowest BCUT2D eigenvalue weighted by Gasteiger charge is -2.44. The van der Waals surface area contributed by atoms with Crippen LogP contribution in [0.4, 0.5) is 10.5 Å². The van der Waals surface area contributed by atoms with Crippen LogP contribution in [0.1, 0.15) is 64.3 Å². The van der Waals surface area contributed by atoms with Crippen LogP contribution in [0.15, 0.2) is 51.9 Å². The highest BCUT2D eigenvalue weighted by atomic mass is 32.2. The number of para-hydroxylation sites is 1. The summed E-state index contributed by atoms with van der Waals surface area (Å²) in [6.07, 6.45) is 2.70. The van der Waals surface area contributed by atoms with Crippen LogP contribution >= 0.6 is 23.1 Å². The Bertz CT molecular complexity index is 1120. The fraction of sp³-hybridized carbons (Fsp3) is 0.462. The van der Waals surface area contributed by atoms with Gasteiger partial charge in [0.25, 0.3) is 5.91 Å². The van der Waals surface area contributed by atoms with Gasteiger partial charge < -0.3 is 4.90 Å². The van der Waals surface area contributed by atoms with Gasteiger partial charge in [0.15, 0.2) is 0 Å². The maximum Gasteiger partial charge on any atom is 0.309 e. The van der Waals surface area contributed by atoms with E-state index in [1.165, 1.54) is 17.3 Å². The molecule has 0 N–H and O–H groups in total. The molecule has 6 nitrogen and oxygen atoms in total. The zero-order chi connectivity index (χ0) is 24.5. The van der Waals surface area contributed by atoms with Gasteiger partial charge in [-0.1, -0.05) is 31.2 Å². The van der Waals surface area contributed by atoms with E-state index in [0.717, 1.165) is 40.0 Å². The van der Waals surface area contributed by atoms with Crippen LogP contribution in [0.3, 0.4) is 0 Å². The molecule has 1 aromatic heterocycles. The summed E-state index contributed by atoms with van der Waals surface area (Å²) in [7, 11) is 0.